The molecule has 5 nitrogen and oxygen atoms in total. The molecule has 0 aromatic heterocycles. The van der Waals surface area contributed by atoms with Crippen molar-refractivity contribution in [2.75, 3.05) is 46.0 Å². The molecule has 1 saturated carbocycles. The predicted octanol–water partition coefficient (Wildman–Crippen LogP) is 0.876. The molecule has 1 aliphatic heterocycles. The molecule has 1 heterocycles. The number of hydrogen-bond donors (Lipinski definition) is 1. The van der Waals surface area contributed by atoms with Gasteiger partial charge in [0.05, 0.1) is 6.26 Å². The summed E-state index contributed by atoms with van der Waals surface area (Å²) in [5.74, 6) is 0. The molecule has 20 heavy (non-hydrogen) atoms. The quantitative estimate of drug-likeness (QED) is 0.819. The fraction of sp³-hybridized carbons (Fsp3) is 1.00. The summed E-state index contributed by atoms with van der Waals surface area (Å²) in [5, 5.41) is 3.56. The lowest BCUT2D eigenvalue weighted by Crippen LogP contribution is -2.51. The SMILES string of the molecule is CNC1(CCN2CCN(S(C)(=O)=O)CC2)CCCCC1. The number of nitrogens with zero attached hydrogens (tertiary/aromatic N) is 2. The molecule has 0 bridgehead atoms. The van der Waals surface area contributed by atoms with E-state index in [4.69, 9.17) is 0 Å². The number of sulfonamides is 1. The van der Waals surface area contributed by atoms with E-state index in [1.807, 2.05) is 0 Å². The normalized spacial score (nSPS) is 25.7. The molecular formula is C14H29N3O2S. The van der Waals surface area contributed by atoms with Crippen LogP contribution < -0.4 is 5.32 Å². The Hall–Kier alpha value is -0.170. The van der Waals surface area contributed by atoms with Crippen molar-refractivity contribution in [3.05, 3.63) is 0 Å². The lowest BCUT2D eigenvalue weighted by atomic mass is 9.79. The Bertz CT molecular complexity index is 397. The maximum absolute atomic E-state index is 11.5. The van der Waals surface area contributed by atoms with Gasteiger partial charge in [0.1, 0.15) is 0 Å². The second-order valence-electron chi connectivity index (χ2n) is 6.34. The number of nitrogens with one attached hydrogen (secondary N) is 1. The smallest absolute Gasteiger partial charge is 0.211 e. The summed E-state index contributed by atoms with van der Waals surface area (Å²) < 4.78 is 24.6. The van der Waals surface area contributed by atoms with Crippen LogP contribution in [-0.4, -0.2) is 69.2 Å². The third-order valence-corrected chi connectivity index (χ3v) is 6.35. The highest BCUT2D eigenvalue weighted by atomic mass is 32.2. The van der Waals surface area contributed by atoms with E-state index in [1.54, 1.807) is 4.31 Å². The molecule has 2 fully saturated rings. The lowest BCUT2D eigenvalue weighted by Gasteiger charge is -2.40. The summed E-state index contributed by atoms with van der Waals surface area (Å²) in [4.78, 5) is 2.41. The molecule has 0 aromatic carbocycles. The number of hydrogen-bond acceptors (Lipinski definition) is 4. The van der Waals surface area contributed by atoms with Crippen molar-refractivity contribution < 1.29 is 8.42 Å². The van der Waals surface area contributed by atoms with Crippen LogP contribution in [0, 0.1) is 0 Å². The Labute approximate surface area is 123 Å². The fourth-order valence-corrected chi connectivity index (χ4v) is 4.34. The molecule has 118 valence electrons. The summed E-state index contributed by atoms with van der Waals surface area (Å²) in [7, 11) is -0.917. The van der Waals surface area contributed by atoms with E-state index in [0.717, 1.165) is 19.6 Å². The van der Waals surface area contributed by atoms with E-state index < -0.39 is 10.0 Å². The van der Waals surface area contributed by atoms with Crippen LogP contribution in [0.2, 0.25) is 0 Å². The monoisotopic (exact) mass is 303 g/mol. The topological polar surface area (TPSA) is 52.6 Å². The minimum absolute atomic E-state index is 0.326. The zero-order valence-electron chi connectivity index (χ0n) is 12.9. The maximum Gasteiger partial charge on any atom is 0.211 e. The van der Waals surface area contributed by atoms with Gasteiger partial charge in [0.25, 0.3) is 0 Å². The van der Waals surface area contributed by atoms with Gasteiger partial charge in [0.2, 0.25) is 10.0 Å². The average Bonchev–Trinajstić information content (AvgIpc) is 2.46. The highest BCUT2D eigenvalue weighted by Gasteiger charge is 2.31. The van der Waals surface area contributed by atoms with Gasteiger partial charge in [-0.1, -0.05) is 19.3 Å². The molecule has 6 heteroatoms. The van der Waals surface area contributed by atoms with Crippen molar-refractivity contribution in [2.45, 2.75) is 44.1 Å². The Morgan fingerprint density at radius 2 is 1.65 bits per heavy atom. The van der Waals surface area contributed by atoms with Crippen molar-refractivity contribution in [3.8, 4) is 0 Å². The third-order valence-electron chi connectivity index (χ3n) is 5.05. The molecule has 0 aromatic rings. The van der Waals surface area contributed by atoms with Crippen molar-refractivity contribution in [1.82, 2.24) is 14.5 Å². The highest BCUT2D eigenvalue weighted by molar-refractivity contribution is 7.88. The zero-order valence-corrected chi connectivity index (χ0v) is 13.7. The molecule has 0 spiro atoms. The first-order valence-corrected chi connectivity index (χ1v) is 9.66. The van der Waals surface area contributed by atoms with Crippen LogP contribution in [0.5, 0.6) is 0 Å². The van der Waals surface area contributed by atoms with Gasteiger partial charge >= 0.3 is 0 Å². The van der Waals surface area contributed by atoms with Gasteiger partial charge in [-0.25, -0.2) is 8.42 Å². The molecular weight excluding hydrogens is 274 g/mol. The second kappa shape index (κ2) is 6.73. The van der Waals surface area contributed by atoms with Crippen LogP contribution in [0.25, 0.3) is 0 Å². The van der Waals surface area contributed by atoms with E-state index in [9.17, 15) is 8.42 Å². The van der Waals surface area contributed by atoms with Gasteiger partial charge in [-0.3, -0.25) is 0 Å². The van der Waals surface area contributed by atoms with Crippen molar-refractivity contribution >= 4 is 10.0 Å². The molecule has 0 atom stereocenters. The van der Waals surface area contributed by atoms with E-state index in [0.29, 0.717) is 18.6 Å². The van der Waals surface area contributed by atoms with Crippen molar-refractivity contribution in [2.24, 2.45) is 0 Å². The van der Waals surface area contributed by atoms with Crippen molar-refractivity contribution in [1.29, 1.82) is 0 Å². The minimum atomic E-state index is -3.01. The van der Waals surface area contributed by atoms with Crippen LogP contribution >= 0.6 is 0 Å². The zero-order chi connectivity index (χ0) is 14.6. The summed E-state index contributed by atoms with van der Waals surface area (Å²) in [6.07, 6.45) is 9.10. The largest absolute Gasteiger partial charge is 0.314 e. The third kappa shape index (κ3) is 4.16. The van der Waals surface area contributed by atoms with Gasteiger partial charge in [-0.2, -0.15) is 4.31 Å². The standard InChI is InChI=1S/C14H29N3O2S/c1-15-14(6-4-3-5-7-14)8-9-16-10-12-17(13-11-16)20(2,18)19/h15H,3-13H2,1-2H3. The van der Waals surface area contributed by atoms with Gasteiger partial charge in [0.15, 0.2) is 0 Å². The van der Waals surface area contributed by atoms with Crippen molar-refractivity contribution in [3.63, 3.8) is 0 Å². The Morgan fingerprint density at radius 1 is 1.05 bits per heavy atom. The molecule has 2 rings (SSSR count). The second-order valence-corrected chi connectivity index (χ2v) is 8.33. The minimum Gasteiger partial charge on any atom is -0.314 e. The molecule has 2 aliphatic rings. The highest BCUT2D eigenvalue weighted by Crippen LogP contribution is 2.30. The fourth-order valence-electron chi connectivity index (χ4n) is 3.51. The molecule has 0 amide bonds. The van der Waals surface area contributed by atoms with E-state index in [1.165, 1.54) is 44.8 Å². The Kier molecular flexibility index (Phi) is 5.45. The maximum atomic E-state index is 11.5. The van der Waals surface area contributed by atoms with Gasteiger partial charge in [-0.15, -0.1) is 0 Å². The molecule has 1 aliphatic carbocycles. The van der Waals surface area contributed by atoms with Crippen LogP contribution in [0.1, 0.15) is 38.5 Å². The Morgan fingerprint density at radius 3 is 2.15 bits per heavy atom. The summed E-state index contributed by atoms with van der Waals surface area (Å²) in [5.41, 5.74) is 0.326. The predicted molar refractivity (Wildman–Crippen MR) is 82.3 cm³/mol. The molecule has 1 N–H and O–H groups in total. The first-order chi connectivity index (χ1) is 9.45. The first kappa shape index (κ1) is 16.2. The van der Waals surface area contributed by atoms with E-state index in [-0.39, 0.29) is 0 Å². The Balaban J connectivity index is 1.78. The molecule has 0 unspecified atom stereocenters. The van der Waals surface area contributed by atoms with Crippen LogP contribution in [0.3, 0.4) is 0 Å². The van der Waals surface area contributed by atoms with Crippen LogP contribution in [0.4, 0.5) is 0 Å². The summed E-state index contributed by atoms with van der Waals surface area (Å²) in [6.45, 7) is 4.11. The molecule has 0 radical (unpaired) electrons. The number of piperazine rings is 1. The van der Waals surface area contributed by atoms with Gasteiger partial charge in [0, 0.05) is 31.7 Å². The van der Waals surface area contributed by atoms with Crippen LogP contribution in [-0.2, 0) is 10.0 Å². The van der Waals surface area contributed by atoms with Crippen LogP contribution in [0.15, 0.2) is 0 Å². The summed E-state index contributed by atoms with van der Waals surface area (Å²) in [6, 6.07) is 0. The first-order valence-electron chi connectivity index (χ1n) is 7.82. The van der Waals surface area contributed by atoms with E-state index >= 15 is 0 Å². The number of rotatable bonds is 5. The van der Waals surface area contributed by atoms with Gasteiger partial charge < -0.3 is 10.2 Å². The summed E-state index contributed by atoms with van der Waals surface area (Å²) >= 11 is 0. The average molecular weight is 303 g/mol. The molecule has 1 saturated heterocycles. The van der Waals surface area contributed by atoms with Gasteiger partial charge in [-0.05, 0) is 32.9 Å². The lowest BCUT2D eigenvalue weighted by molar-refractivity contribution is 0.149. The van der Waals surface area contributed by atoms with E-state index in [2.05, 4.69) is 17.3 Å².